The third kappa shape index (κ3) is 1.91. The highest BCUT2D eigenvalue weighted by atomic mass is 35.5. The summed E-state index contributed by atoms with van der Waals surface area (Å²) in [5.41, 5.74) is 8.20. The Bertz CT molecular complexity index is 584. The predicted molar refractivity (Wildman–Crippen MR) is 75.1 cm³/mol. The number of hydrogen-bond acceptors (Lipinski definition) is 2. The van der Waals surface area contributed by atoms with E-state index in [0.29, 0.717) is 6.04 Å². The Balaban J connectivity index is 2.21. The van der Waals surface area contributed by atoms with Crippen molar-refractivity contribution in [3.8, 4) is 0 Å². The van der Waals surface area contributed by atoms with Crippen LogP contribution in [0.3, 0.4) is 0 Å². The SMILES string of the molecule is CC(N)C(C)c1nc2ccc(Cl)cc2n1C1CC1. The zero-order chi connectivity index (χ0) is 12.9. The Kier molecular flexibility index (Phi) is 2.83. The number of fused-ring (bicyclic) bond motifs is 1. The highest BCUT2D eigenvalue weighted by molar-refractivity contribution is 6.31. The second-order valence-electron chi connectivity index (χ2n) is 5.35. The maximum Gasteiger partial charge on any atom is 0.114 e. The number of hydrogen-bond donors (Lipinski definition) is 1. The molecule has 4 heteroatoms. The van der Waals surface area contributed by atoms with Gasteiger partial charge in [0, 0.05) is 23.0 Å². The Morgan fingerprint density at radius 2 is 2.11 bits per heavy atom. The largest absolute Gasteiger partial charge is 0.327 e. The molecule has 2 N–H and O–H groups in total. The van der Waals surface area contributed by atoms with Crippen LogP contribution in [0.4, 0.5) is 0 Å². The second kappa shape index (κ2) is 4.25. The van der Waals surface area contributed by atoms with Gasteiger partial charge in [-0.1, -0.05) is 18.5 Å². The number of rotatable bonds is 3. The van der Waals surface area contributed by atoms with Crippen LogP contribution in [0, 0.1) is 0 Å². The summed E-state index contributed by atoms with van der Waals surface area (Å²) in [6, 6.07) is 6.60. The third-order valence-corrected chi connectivity index (χ3v) is 4.02. The molecule has 0 radical (unpaired) electrons. The van der Waals surface area contributed by atoms with Crippen LogP contribution in [0.2, 0.25) is 5.02 Å². The molecule has 1 aromatic carbocycles. The van der Waals surface area contributed by atoms with Gasteiger partial charge in [-0.25, -0.2) is 4.98 Å². The highest BCUT2D eigenvalue weighted by Crippen LogP contribution is 2.40. The topological polar surface area (TPSA) is 43.8 Å². The molecule has 0 spiro atoms. The van der Waals surface area contributed by atoms with Crippen molar-refractivity contribution in [3.05, 3.63) is 29.0 Å². The fourth-order valence-electron chi connectivity index (χ4n) is 2.36. The molecule has 2 atom stereocenters. The van der Waals surface area contributed by atoms with Crippen LogP contribution in [0.1, 0.15) is 44.5 Å². The van der Waals surface area contributed by atoms with Gasteiger partial charge in [0.25, 0.3) is 0 Å². The van der Waals surface area contributed by atoms with Crippen LogP contribution in [-0.4, -0.2) is 15.6 Å². The first-order valence-corrected chi connectivity index (χ1v) is 6.88. The monoisotopic (exact) mass is 263 g/mol. The zero-order valence-corrected chi connectivity index (χ0v) is 11.5. The van der Waals surface area contributed by atoms with Crippen LogP contribution < -0.4 is 5.73 Å². The fraction of sp³-hybridized carbons (Fsp3) is 0.500. The standard InChI is InChI=1S/C14H18ClN3/c1-8(9(2)16)14-17-12-6-3-10(15)7-13(12)18(14)11-4-5-11/h3,6-9,11H,4-5,16H2,1-2H3. The van der Waals surface area contributed by atoms with Gasteiger partial charge in [-0.3, -0.25) is 0 Å². The van der Waals surface area contributed by atoms with E-state index in [2.05, 4.69) is 11.5 Å². The first kappa shape index (κ1) is 12.0. The molecular formula is C14H18ClN3. The van der Waals surface area contributed by atoms with Crippen molar-refractivity contribution < 1.29 is 0 Å². The van der Waals surface area contributed by atoms with Crippen molar-refractivity contribution in [1.82, 2.24) is 9.55 Å². The summed E-state index contributed by atoms with van der Waals surface area (Å²) in [5, 5.41) is 0.768. The molecule has 1 saturated carbocycles. The van der Waals surface area contributed by atoms with Crippen LogP contribution in [-0.2, 0) is 0 Å². The number of imidazole rings is 1. The van der Waals surface area contributed by atoms with E-state index < -0.39 is 0 Å². The molecule has 1 heterocycles. The minimum absolute atomic E-state index is 0.106. The van der Waals surface area contributed by atoms with Gasteiger partial charge in [-0.05, 0) is 38.0 Å². The van der Waals surface area contributed by atoms with Crippen molar-refractivity contribution in [3.63, 3.8) is 0 Å². The molecule has 18 heavy (non-hydrogen) atoms. The van der Waals surface area contributed by atoms with Gasteiger partial charge >= 0.3 is 0 Å². The van der Waals surface area contributed by atoms with Crippen molar-refractivity contribution in [2.45, 2.75) is 44.7 Å². The van der Waals surface area contributed by atoms with E-state index in [4.69, 9.17) is 22.3 Å². The second-order valence-corrected chi connectivity index (χ2v) is 5.79. The van der Waals surface area contributed by atoms with E-state index in [1.165, 1.54) is 12.8 Å². The van der Waals surface area contributed by atoms with Gasteiger partial charge in [0.05, 0.1) is 11.0 Å². The molecular weight excluding hydrogens is 246 g/mol. The van der Waals surface area contributed by atoms with E-state index in [-0.39, 0.29) is 12.0 Å². The highest BCUT2D eigenvalue weighted by Gasteiger charge is 2.30. The minimum atomic E-state index is 0.106. The molecule has 96 valence electrons. The van der Waals surface area contributed by atoms with Crippen LogP contribution in [0.15, 0.2) is 18.2 Å². The summed E-state index contributed by atoms with van der Waals surface area (Å²) in [7, 11) is 0. The number of benzene rings is 1. The fourth-order valence-corrected chi connectivity index (χ4v) is 2.52. The summed E-state index contributed by atoms with van der Waals surface area (Å²) < 4.78 is 2.34. The van der Waals surface area contributed by atoms with Crippen LogP contribution >= 0.6 is 11.6 Å². The average molecular weight is 264 g/mol. The Morgan fingerprint density at radius 3 is 2.72 bits per heavy atom. The first-order valence-electron chi connectivity index (χ1n) is 6.51. The third-order valence-electron chi connectivity index (χ3n) is 3.79. The Hall–Kier alpha value is -1.06. The summed E-state index contributed by atoms with van der Waals surface area (Å²) in [5.74, 6) is 1.36. The maximum absolute atomic E-state index is 6.10. The molecule has 0 bridgehead atoms. The van der Waals surface area contributed by atoms with Crippen molar-refractivity contribution in [2.24, 2.45) is 5.73 Å². The molecule has 1 aromatic heterocycles. The Labute approximate surface area is 112 Å². The molecule has 0 aliphatic heterocycles. The summed E-state index contributed by atoms with van der Waals surface area (Å²) in [6.07, 6.45) is 2.47. The molecule has 2 unspecified atom stereocenters. The van der Waals surface area contributed by atoms with Crippen molar-refractivity contribution in [1.29, 1.82) is 0 Å². The van der Waals surface area contributed by atoms with Gasteiger partial charge in [0.15, 0.2) is 0 Å². The number of halogens is 1. The average Bonchev–Trinajstić information content (AvgIpc) is 3.09. The lowest BCUT2D eigenvalue weighted by Crippen LogP contribution is -2.25. The van der Waals surface area contributed by atoms with Crippen molar-refractivity contribution >= 4 is 22.6 Å². The zero-order valence-electron chi connectivity index (χ0n) is 10.7. The number of nitrogens with two attached hydrogens (primary N) is 1. The quantitative estimate of drug-likeness (QED) is 0.921. The molecule has 3 nitrogen and oxygen atoms in total. The minimum Gasteiger partial charge on any atom is -0.327 e. The number of aromatic nitrogens is 2. The Morgan fingerprint density at radius 1 is 1.39 bits per heavy atom. The lowest BCUT2D eigenvalue weighted by Gasteiger charge is -2.17. The summed E-state index contributed by atoms with van der Waals surface area (Å²) in [6.45, 7) is 4.18. The summed E-state index contributed by atoms with van der Waals surface area (Å²) >= 11 is 6.10. The van der Waals surface area contributed by atoms with E-state index in [0.717, 1.165) is 21.9 Å². The van der Waals surface area contributed by atoms with Crippen LogP contribution in [0.25, 0.3) is 11.0 Å². The van der Waals surface area contributed by atoms with Gasteiger partial charge in [-0.2, -0.15) is 0 Å². The molecule has 1 aliphatic rings. The van der Waals surface area contributed by atoms with Crippen LogP contribution in [0.5, 0.6) is 0 Å². The molecule has 1 aliphatic carbocycles. The lowest BCUT2D eigenvalue weighted by atomic mass is 10.0. The van der Waals surface area contributed by atoms with Gasteiger partial charge < -0.3 is 10.3 Å². The first-order chi connectivity index (χ1) is 8.58. The van der Waals surface area contributed by atoms with Crippen molar-refractivity contribution in [2.75, 3.05) is 0 Å². The van der Waals surface area contributed by atoms with E-state index in [1.54, 1.807) is 0 Å². The normalized spacial score (nSPS) is 19.1. The van der Waals surface area contributed by atoms with E-state index in [9.17, 15) is 0 Å². The number of nitrogens with zero attached hydrogens (tertiary/aromatic N) is 2. The maximum atomic E-state index is 6.10. The lowest BCUT2D eigenvalue weighted by molar-refractivity contribution is 0.547. The van der Waals surface area contributed by atoms with E-state index in [1.807, 2.05) is 25.1 Å². The molecule has 0 amide bonds. The van der Waals surface area contributed by atoms with E-state index >= 15 is 0 Å². The predicted octanol–water partition coefficient (Wildman–Crippen LogP) is 3.48. The molecule has 1 fully saturated rings. The summed E-state index contributed by atoms with van der Waals surface area (Å²) in [4.78, 5) is 4.76. The van der Waals surface area contributed by atoms with Gasteiger partial charge in [0.1, 0.15) is 5.82 Å². The molecule has 2 aromatic rings. The molecule has 0 saturated heterocycles. The molecule has 3 rings (SSSR count). The van der Waals surface area contributed by atoms with Gasteiger partial charge in [-0.15, -0.1) is 0 Å². The smallest absolute Gasteiger partial charge is 0.114 e. The van der Waals surface area contributed by atoms with Gasteiger partial charge in [0.2, 0.25) is 0 Å².